The van der Waals surface area contributed by atoms with E-state index in [1.54, 1.807) is 12.4 Å². The number of aliphatic hydroxyl groups excluding tert-OH is 1. The van der Waals surface area contributed by atoms with Crippen LogP contribution in [-0.2, 0) is 4.79 Å². The lowest BCUT2D eigenvalue weighted by molar-refractivity contribution is -0.116. The number of ketones is 1. The van der Waals surface area contributed by atoms with Gasteiger partial charge in [0.2, 0.25) is 0 Å². The molecular weight excluding hydrogens is 410 g/mol. The molecule has 1 aliphatic heterocycles. The Hall–Kier alpha value is -3.99. The van der Waals surface area contributed by atoms with Crippen molar-refractivity contribution in [3.63, 3.8) is 0 Å². The number of carbonyl (C=O) groups is 1. The maximum atomic E-state index is 13.4. The lowest BCUT2D eigenvalue weighted by Crippen LogP contribution is -2.42. The van der Waals surface area contributed by atoms with E-state index in [1.807, 2.05) is 78.6 Å². The average Bonchev–Trinajstić information content (AvgIpc) is 2.84. The molecule has 1 aromatic heterocycles. The third-order valence-corrected chi connectivity index (χ3v) is 6.33. The molecule has 3 aromatic rings. The van der Waals surface area contributed by atoms with Crippen molar-refractivity contribution >= 4 is 23.1 Å². The molecular formula is C28H25N3O2. The van der Waals surface area contributed by atoms with Crippen LogP contribution in [0.4, 0.5) is 5.69 Å². The predicted molar refractivity (Wildman–Crippen MR) is 130 cm³/mol. The molecule has 5 heteroatoms. The number of Topliss-reactive ketones (excluding diaryl/α,β-unsaturated/α-hetero) is 1. The van der Waals surface area contributed by atoms with Crippen LogP contribution in [0.1, 0.15) is 41.9 Å². The molecule has 5 nitrogen and oxygen atoms in total. The number of aliphatic hydroxyl groups is 1. The molecule has 1 unspecified atom stereocenters. The third kappa shape index (κ3) is 3.65. The summed E-state index contributed by atoms with van der Waals surface area (Å²) in [6, 6.07) is 20.9. The van der Waals surface area contributed by atoms with Gasteiger partial charge in [0.05, 0.1) is 0 Å². The molecule has 0 saturated heterocycles. The van der Waals surface area contributed by atoms with Gasteiger partial charge >= 0.3 is 0 Å². The van der Waals surface area contributed by atoms with E-state index in [2.05, 4.69) is 4.98 Å². The second-order valence-electron chi connectivity index (χ2n) is 8.51. The molecule has 33 heavy (non-hydrogen) atoms. The first-order chi connectivity index (χ1) is 16.1. The Kier molecular flexibility index (Phi) is 5.38. The van der Waals surface area contributed by atoms with Crippen LogP contribution in [0.3, 0.4) is 0 Å². The first kappa shape index (κ1) is 20.9. The maximum absolute atomic E-state index is 13.4. The van der Waals surface area contributed by atoms with Gasteiger partial charge in [-0.15, -0.1) is 0 Å². The van der Waals surface area contributed by atoms with Gasteiger partial charge in [0.25, 0.3) is 0 Å². The van der Waals surface area contributed by atoms with Crippen LogP contribution in [0.5, 0.6) is 0 Å². The normalized spacial score (nSPS) is 20.0. The fourth-order valence-electron chi connectivity index (χ4n) is 4.88. The fraction of sp³-hybridized carbons (Fsp3) is 0.179. The highest BCUT2D eigenvalue weighted by Crippen LogP contribution is 2.47. The lowest BCUT2D eigenvalue weighted by atomic mass is 9.73. The summed E-state index contributed by atoms with van der Waals surface area (Å²) in [5.41, 5.74) is 5.23. The van der Waals surface area contributed by atoms with E-state index in [0.29, 0.717) is 29.6 Å². The van der Waals surface area contributed by atoms with Crippen molar-refractivity contribution in [2.75, 3.05) is 4.90 Å². The lowest BCUT2D eigenvalue weighted by Gasteiger charge is -2.41. The van der Waals surface area contributed by atoms with Gasteiger partial charge in [-0.3, -0.25) is 20.1 Å². The monoisotopic (exact) mass is 435 g/mol. The molecule has 0 spiro atoms. The van der Waals surface area contributed by atoms with E-state index >= 15 is 0 Å². The molecule has 0 radical (unpaired) electrons. The molecule has 5 rings (SSSR count). The number of rotatable bonds is 3. The summed E-state index contributed by atoms with van der Waals surface area (Å²) in [5, 5.41) is 20.8. The summed E-state index contributed by atoms with van der Waals surface area (Å²) in [5.74, 6) is -0.287. The largest absolute Gasteiger partial charge is 0.507 e. The van der Waals surface area contributed by atoms with E-state index in [-0.39, 0.29) is 17.4 Å². The standard InChI is InChI=1S/C28H25N3O2/c1-18-8-5-12-21(16-18)31-22-13-6-14-23(32)25(22)24(20-11-7-15-30-17-20)26(28(31)29)27(33)19-9-3-2-4-10-19/h2-5,7-12,15-17,24,29,33H,6,13-14H2,1H3. The number of anilines is 1. The molecule has 0 amide bonds. The molecule has 2 heterocycles. The first-order valence-corrected chi connectivity index (χ1v) is 11.2. The molecule has 2 N–H and O–H groups in total. The van der Waals surface area contributed by atoms with Gasteiger partial charge in [0.15, 0.2) is 5.78 Å². The summed E-state index contributed by atoms with van der Waals surface area (Å²) < 4.78 is 0. The Morgan fingerprint density at radius 2 is 1.88 bits per heavy atom. The molecule has 0 saturated carbocycles. The molecule has 164 valence electrons. The first-order valence-electron chi connectivity index (χ1n) is 11.2. The number of pyridine rings is 1. The molecule has 0 bridgehead atoms. The van der Waals surface area contributed by atoms with Crippen LogP contribution in [-0.4, -0.2) is 21.7 Å². The third-order valence-electron chi connectivity index (χ3n) is 6.33. The summed E-state index contributed by atoms with van der Waals surface area (Å²) in [6.45, 7) is 2.01. The Morgan fingerprint density at radius 3 is 2.61 bits per heavy atom. The zero-order valence-electron chi connectivity index (χ0n) is 18.5. The number of benzene rings is 2. The SMILES string of the molecule is Cc1cccc(N2C(=N)C(=C(O)c3ccccc3)C(c3cccnc3)C3=C2CCCC3=O)c1. The second kappa shape index (κ2) is 8.51. The van der Waals surface area contributed by atoms with Crippen molar-refractivity contribution in [1.29, 1.82) is 5.41 Å². The van der Waals surface area contributed by atoms with E-state index in [9.17, 15) is 15.3 Å². The number of carbonyl (C=O) groups excluding carboxylic acids is 1. The number of nitrogens with one attached hydrogen (secondary N) is 1. The highest BCUT2D eigenvalue weighted by Gasteiger charge is 2.43. The number of amidine groups is 1. The molecule has 1 atom stereocenters. The van der Waals surface area contributed by atoms with Gasteiger partial charge < -0.3 is 5.11 Å². The van der Waals surface area contributed by atoms with Crippen molar-refractivity contribution < 1.29 is 9.90 Å². The zero-order valence-corrected chi connectivity index (χ0v) is 18.5. The summed E-state index contributed by atoms with van der Waals surface area (Å²) in [6.07, 6.45) is 5.33. The minimum absolute atomic E-state index is 0.0111. The van der Waals surface area contributed by atoms with Gasteiger partial charge in [-0.25, -0.2) is 0 Å². The highest BCUT2D eigenvalue weighted by atomic mass is 16.3. The maximum Gasteiger partial charge on any atom is 0.161 e. The van der Waals surface area contributed by atoms with Crippen LogP contribution in [0, 0.1) is 12.3 Å². The zero-order chi connectivity index (χ0) is 22.9. The van der Waals surface area contributed by atoms with Gasteiger partial charge in [-0.1, -0.05) is 48.5 Å². The minimum atomic E-state index is -0.546. The summed E-state index contributed by atoms with van der Waals surface area (Å²) in [7, 11) is 0. The van der Waals surface area contributed by atoms with E-state index in [0.717, 1.165) is 28.9 Å². The van der Waals surface area contributed by atoms with Crippen LogP contribution in [0.25, 0.3) is 5.76 Å². The number of hydrogen-bond acceptors (Lipinski definition) is 4. The number of hydrogen-bond donors (Lipinski definition) is 2. The Balaban J connectivity index is 1.83. The van der Waals surface area contributed by atoms with Gasteiger partial charge in [0, 0.05) is 52.8 Å². The second-order valence-corrected chi connectivity index (χ2v) is 8.51. The number of aromatic nitrogens is 1. The van der Waals surface area contributed by atoms with Gasteiger partial charge in [0.1, 0.15) is 11.6 Å². The van der Waals surface area contributed by atoms with Crippen LogP contribution in [0.15, 0.2) is 96.0 Å². The minimum Gasteiger partial charge on any atom is -0.507 e. The Labute approximate surface area is 193 Å². The van der Waals surface area contributed by atoms with Gasteiger partial charge in [-0.2, -0.15) is 0 Å². The molecule has 0 fully saturated rings. The van der Waals surface area contributed by atoms with Crippen LogP contribution >= 0.6 is 0 Å². The molecule has 2 aromatic carbocycles. The number of allylic oxidation sites excluding steroid dienone is 2. The van der Waals surface area contributed by atoms with E-state index in [1.165, 1.54) is 0 Å². The van der Waals surface area contributed by atoms with Crippen molar-refractivity contribution in [1.82, 2.24) is 4.98 Å². The number of aryl methyl sites for hydroxylation is 1. The fourth-order valence-corrected chi connectivity index (χ4v) is 4.88. The van der Waals surface area contributed by atoms with Crippen molar-refractivity contribution in [3.05, 3.63) is 113 Å². The van der Waals surface area contributed by atoms with Crippen LogP contribution in [0.2, 0.25) is 0 Å². The highest BCUT2D eigenvalue weighted by molar-refractivity contribution is 6.19. The Bertz CT molecular complexity index is 1290. The summed E-state index contributed by atoms with van der Waals surface area (Å²) >= 11 is 0. The van der Waals surface area contributed by atoms with Crippen molar-refractivity contribution in [2.24, 2.45) is 0 Å². The van der Waals surface area contributed by atoms with Crippen molar-refractivity contribution in [2.45, 2.75) is 32.1 Å². The summed E-state index contributed by atoms with van der Waals surface area (Å²) in [4.78, 5) is 19.5. The van der Waals surface area contributed by atoms with Crippen molar-refractivity contribution in [3.8, 4) is 0 Å². The van der Waals surface area contributed by atoms with Gasteiger partial charge in [-0.05, 0) is 49.1 Å². The topological polar surface area (TPSA) is 77.3 Å². The smallest absolute Gasteiger partial charge is 0.161 e. The average molecular weight is 436 g/mol. The Morgan fingerprint density at radius 1 is 1.06 bits per heavy atom. The number of nitrogens with zero attached hydrogens (tertiary/aromatic N) is 2. The quantitative estimate of drug-likeness (QED) is 0.499. The molecule has 2 aliphatic rings. The molecule has 1 aliphatic carbocycles. The van der Waals surface area contributed by atoms with E-state index < -0.39 is 5.92 Å². The predicted octanol–water partition coefficient (Wildman–Crippen LogP) is 5.95. The van der Waals surface area contributed by atoms with E-state index in [4.69, 9.17) is 0 Å². The van der Waals surface area contributed by atoms with Crippen LogP contribution < -0.4 is 4.90 Å².